The SMILES string of the molecule is Cc1ccc(C(=O)Nc2c([C@@H](c3cccc(F)c3)N3CCCCC3)oc3ccccc23)cc1. The van der Waals surface area contributed by atoms with Gasteiger partial charge in [0.25, 0.3) is 5.91 Å². The Bertz CT molecular complexity index is 1270. The van der Waals surface area contributed by atoms with E-state index in [1.165, 1.54) is 12.5 Å². The van der Waals surface area contributed by atoms with Gasteiger partial charge in [-0.3, -0.25) is 9.69 Å². The number of nitrogens with zero attached hydrogens (tertiary/aromatic N) is 1. The molecule has 1 fully saturated rings. The first-order valence-corrected chi connectivity index (χ1v) is 11.5. The number of halogens is 1. The third kappa shape index (κ3) is 4.41. The van der Waals surface area contributed by atoms with E-state index in [9.17, 15) is 9.18 Å². The number of amides is 1. The van der Waals surface area contributed by atoms with Crippen LogP contribution in [0.2, 0.25) is 0 Å². The van der Waals surface area contributed by atoms with Gasteiger partial charge in [-0.15, -0.1) is 0 Å². The number of nitrogens with one attached hydrogen (secondary N) is 1. The highest BCUT2D eigenvalue weighted by Gasteiger charge is 2.31. The van der Waals surface area contributed by atoms with Crippen molar-refractivity contribution in [3.63, 3.8) is 0 Å². The third-order valence-corrected chi connectivity index (χ3v) is 6.34. The van der Waals surface area contributed by atoms with E-state index in [1.807, 2.05) is 61.5 Å². The fourth-order valence-corrected chi connectivity index (χ4v) is 4.66. The zero-order chi connectivity index (χ0) is 22.8. The number of aryl methyl sites for hydroxylation is 1. The molecule has 0 bridgehead atoms. The van der Waals surface area contributed by atoms with E-state index in [0.717, 1.165) is 42.4 Å². The van der Waals surface area contributed by atoms with Crippen LogP contribution >= 0.6 is 0 Å². The molecule has 0 spiro atoms. The summed E-state index contributed by atoms with van der Waals surface area (Å²) in [5.74, 6) is 0.166. The van der Waals surface area contributed by atoms with Crippen molar-refractivity contribution in [2.75, 3.05) is 18.4 Å². The van der Waals surface area contributed by atoms with E-state index >= 15 is 0 Å². The highest BCUT2D eigenvalue weighted by molar-refractivity contribution is 6.09. The molecule has 1 amide bonds. The fraction of sp³-hybridized carbons (Fsp3) is 0.250. The van der Waals surface area contributed by atoms with Crippen molar-refractivity contribution in [1.82, 2.24) is 4.90 Å². The van der Waals surface area contributed by atoms with Gasteiger partial charge in [0.2, 0.25) is 0 Å². The number of rotatable bonds is 5. The van der Waals surface area contributed by atoms with E-state index in [-0.39, 0.29) is 17.8 Å². The number of likely N-dealkylation sites (tertiary alicyclic amines) is 1. The minimum absolute atomic E-state index is 0.195. The minimum Gasteiger partial charge on any atom is -0.457 e. The van der Waals surface area contributed by atoms with Crippen LogP contribution in [0, 0.1) is 12.7 Å². The van der Waals surface area contributed by atoms with E-state index in [2.05, 4.69) is 10.2 Å². The maximum atomic E-state index is 14.3. The predicted molar refractivity (Wildman–Crippen MR) is 129 cm³/mol. The van der Waals surface area contributed by atoms with E-state index < -0.39 is 0 Å². The number of carbonyl (C=O) groups excluding carboxylic acids is 1. The average molecular weight is 443 g/mol. The lowest BCUT2D eigenvalue weighted by Gasteiger charge is -2.34. The van der Waals surface area contributed by atoms with Crippen molar-refractivity contribution < 1.29 is 13.6 Å². The van der Waals surface area contributed by atoms with Gasteiger partial charge in [0, 0.05) is 10.9 Å². The van der Waals surface area contributed by atoms with Gasteiger partial charge in [-0.05, 0) is 74.8 Å². The summed E-state index contributed by atoms with van der Waals surface area (Å²) in [5.41, 5.74) is 3.84. The number of fused-ring (bicyclic) bond motifs is 1. The molecule has 4 nitrogen and oxygen atoms in total. The summed E-state index contributed by atoms with van der Waals surface area (Å²) in [7, 11) is 0. The maximum absolute atomic E-state index is 14.3. The molecule has 0 radical (unpaired) electrons. The number of anilines is 1. The van der Waals surface area contributed by atoms with Gasteiger partial charge < -0.3 is 9.73 Å². The van der Waals surface area contributed by atoms with Crippen LogP contribution in [-0.4, -0.2) is 23.9 Å². The van der Waals surface area contributed by atoms with Crippen LogP contribution in [0.1, 0.15) is 52.5 Å². The Balaban J connectivity index is 1.63. The molecule has 1 N–H and O–H groups in total. The summed E-state index contributed by atoms with van der Waals surface area (Å²) in [4.78, 5) is 15.5. The number of carbonyl (C=O) groups is 1. The summed E-state index contributed by atoms with van der Waals surface area (Å²) < 4.78 is 20.6. The van der Waals surface area contributed by atoms with Crippen LogP contribution in [0.3, 0.4) is 0 Å². The predicted octanol–water partition coefficient (Wildman–Crippen LogP) is 6.71. The largest absolute Gasteiger partial charge is 0.457 e. The van der Waals surface area contributed by atoms with Crippen molar-refractivity contribution >= 4 is 22.6 Å². The maximum Gasteiger partial charge on any atom is 0.255 e. The Labute approximate surface area is 193 Å². The second kappa shape index (κ2) is 9.20. The summed E-state index contributed by atoms with van der Waals surface area (Å²) in [6.45, 7) is 3.78. The molecule has 0 unspecified atom stereocenters. The standard InChI is InChI=1S/C28H27FN2O2/c1-19-12-14-20(15-13-19)28(32)30-25-23-10-3-4-11-24(23)33-27(25)26(31-16-5-2-6-17-31)21-8-7-9-22(29)18-21/h3-4,7-15,18,26H,2,5-6,16-17H2,1H3,(H,30,32)/t26-/m1/s1. The Morgan fingerprint density at radius 2 is 1.73 bits per heavy atom. The van der Waals surface area contributed by atoms with Crippen LogP contribution in [0.15, 0.2) is 77.2 Å². The van der Waals surface area contributed by atoms with Crippen LogP contribution in [-0.2, 0) is 0 Å². The Hall–Kier alpha value is -3.44. The number of benzene rings is 3. The lowest BCUT2D eigenvalue weighted by atomic mass is 9.98. The molecule has 5 rings (SSSR count). The molecule has 1 aliphatic heterocycles. The van der Waals surface area contributed by atoms with Gasteiger partial charge in [0.05, 0.1) is 11.7 Å². The highest BCUT2D eigenvalue weighted by Crippen LogP contribution is 2.41. The van der Waals surface area contributed by atoms with E-state index in [0.29, 0.717) is 22.6 Å². The molecule has 1 saturated heterocycles. The quantitative estimate of drug-likeness (QED) is 0.374. The van der Waals surface area contributed by atoms with E-state index in [1.54, 1.807) is 12.1 Å². The second-order valence-corrected chi connectivity index (χ2v) is 8.71. The number of furan rings is 1. The average Bonchev–Trinajstić information content (AvgIpc) is 3.18. The summed E-state index contributed by atoms with van der Waals surface area (Å²) in [6.07, 6.45) is 3.34. The van der Waals surface area contributed by atoms with Gasteiger partial charge in [0.15, 0.2) is 0 Å². The highest BCUT2D eigenvalue weighted by atomic mass is 19.1. The lowest BCUT2D eigenvalue weighted by molar-refractivity contribution is 0.102. The molecular formula is C28H27FN2O2. The van der Waals surface area contributed by atoms with Crippen molar-refractivity contribution in [2.24, 2.45) is 0 Å². The lowest BCUT2D eigenvalue weighted by Crippen LogP contribution is -2.34. The Morgan fingerprint density at radius 1 is 0.970 bits per heavy atom. The first kappa shape index (κ1) is 21.4. The van der Waals surface area contributed by atoms with Crippen LogP contribution in [0.25, 0.3) is 11.0 Å². The topological polar surface area (TPSA) is 45.5 Å². The van der Waals surface area contributed by atoms with Crippen LogP contribution < -0.4 is 5.32 Å². The summed E-state index contributed by atoms with van der Waals surface area (Å²) in [6, 6.07) is 21.6. The normalized spacial score (nSPS) is 15.5. The molecule has 2 heterocycles. The summed E-state index contributed by atoms with van der Waals surface area (Å²) >= 11 is 0. The molecule has 0 aliphatic carbocycles. The molecule has 1 aromatic heterocycles. The van der Waals surface area contributed by atoms with Gasteiger partial charge in [-0.2, -0.15) is 0 Å². The number of piperidine rings is 1. The van der Waals surface area contributed by atoms with Crippen LogP contribution in [0.5, 0.6) is 0 Å². The first-order valence-electron chi connectivity index (χ1n) is 11.5. The smallest absolute Gasteiger partial charge is 0.255 e. The molecule has 3 aromatic carbocycles. The monoisotopic (exact) mass is 442 g/mol. The second-order valence-electron chi connectivity index (χ2n) is 8.71. The summed E-state index contributed by atoms with van der Waals surface area (Å²) in [5, 5.41) is 3.96. The molecule has 33 heavy (non-hydrogen) atoms. The minimum atomic E-state index is -0.290. The van der Waals surface area contributed by atoms with Crippen molar-refractivity contribution in [1.29, 1.82) is 0 Å². The first-order chi connectivity index (χ1) is 16.1. The number of hydrogen-bond donors (Lipinski definition) is 1. The molecule has 4 aromatic rings. The number of hydrogen-bond acceptors (Lipinski definition) is 3. The van der Waals surface area contributed by atoms with Crippen molar-refractivity contribution in [3.8, 4) is 0 Å². The fourth-order valence-electron chi connectivity index (χ4n) is 4.66. The van der Waals surface area contributed by atoms with E-state index in [4.69, 9.17) is 4.42 Å². The number of para-hydroxylation sites is 1. The zero-order valence-corrected chi connectivity index (χ0v) is 18.7. The van der Waals surface area contributed by atoms with Gasteiger partial charge in [-0.25, -0.2) is 4.39 Å². The van der Waals surface area contributed by atoms with Crippen molar-refractivity contribution in [2.45, 2.75) is 32.2 Å². The van der Waals surface area contributed by atoms with Gasteiger partial charge >= 0.3 is 0 Å². The molecule has 168 valence electrons. The van der Waals surface area contributed by atoms with Crippen molar-refractivity contribution in [3.05, 3.63) is 101 Å². The zero-order valence-electron chi connectivity index (χ0n) is 18.7. The molecular weight excluding hydrogens is 415 g/mol. The molecule has 1 atom stereocenters. The molecule has 1 aliphatic rings. The molecule has 0 saturated carbocycles. The molecule has 5 heteroatoms. The Kier molecular flexibility index (Phi) is 5.97. The van der Waals surface area contributed by atoms with Gasteiger partial charge in [-0.1, -0.05) is 48.4 Å². The van der Waals surface area contributed by atoms with Crippen LogP contribution in [0.4, 0.5) is 10.1 Å². The Morgan fingerprint density at radius 3 is 2.48 bits per heavy atom. The van der Waals surface area contributed by atoms with Gasteiger partial charge in [0.1, 0.15) is 17.2 Å². The third-order valence-electron chi connectivity index (χ3n) is 6.34.